The fourth-order valence-electron chi connectivity index (χ4n) is 3.51. The normalized spacial score (nSPS) is 29.9. The molecule has 0 unspecified atom stereocenters. The van der Waals surface area contributed by atoms with Crippen molar-refractivity contribution >= 4 is 10.1 Å². The van der Waals surface area contributed by atoms with Gasteiger partial charge in [-0.15, -0.1) is 0 Å². The zero-order chi connectivity index (χ0) is 20.4. The number of rotatable bonds is 5. The van der Waals surface area contributed by atoms with E-state index in [2.05, 4.69) is 0 Å². The molecule has 2 aromatic rings. The van der Waals surface area contributed by atoms with Crippen molar-refractivity contribution in [3.05, 3.63) is 65.7 Å². The van der Waals surface area contributed by atoms with Gasteiger partial charge in [0.1, 0.15) is 12.2 Å². The lowest BCUT2D eigenvalue weighted by Crippen LogP contribution is -2.54. The number of benzene rings is 2. The summed E-state index contributed by atoms with van der Waals surface area (Å²) >= 11 is 0. The summed E-state index contributed by atoms with van der Waals surface area (Å²) in [6, 6.07) is 16.1. The number of hydrogen-bond donors (Lipinski definition) is 0. The molecule has 156 valence electrons. The Bertz CT molecular complexity index is 914. The minimum atomic E-state index is -3.97. The Hall–Kier alpha value is -1.81. The summed E-state index contributed by atoms with van der Waals surface area (Å²) in [5.41, 5.74) is 1.86. The summed E-state index contributed by atoms with van der Waals surface area (Å²) in [6.07, 6.45) is -2.63. The summed E-state index contributed by atoms with van der Waals surface area (Å²) in [4.78, 5) is 0.0927. The molecule has 0 spiro atoms. The van der Waals surface area contributed by atoms with Crippen molar-refractivity contribution in [1.29, 1.82) is 0 Å². The van der Waals surface area contributed by atoms with Gasteiger partial charge in [-0.1, -0.05) is 48.0 Å². The Labute approximate surface area is 170 Å². The van der Waals surface area contributed by atoms with Gasteiger partial charge in [-0.25, -0.2) is 0 Å². The van der Waals surface area contributed by atoms with Gasteiger partial charge in [0.05, 0.1) is 17.6 Å². The molecule has 0 radical (unpaired) electrons. The van der Waals surface area contributed by atoms with Crippen molar-refractivity contribution in [2.24, 2.45) is 0 Å². The molecule has 0 N–H and O–H groups in total. The molecule has 2 fully saturated rings. The zero-order valence-electron chi connectivity index (χ0n) is 16.3. The smallest absolute Gasteiger partial charge is 0.297 e. The highest BCUT2D eigenvalue weighted by atomic mass is 32.2. The second-order valence-corrected chi connectivity index (χ2v) is 8.74. The van der Waals surface area contributed by atoms with E-state index in [1.54, 1.807) is 12.1 Å². The number of aryl methyl sites for hydroxylation is 1. The maximum absolute atomic E-state index is 12.7. The van der Waals surface area contributed by atoms with E-state index in [9.17, 15) is 8.42 Å². The van der Waals surface area contributed by atoms with Crippen LogP contribution < -0.4 is 0 Å². The summed E-state index contributed by atoms with van der Waals surface area (Å²) < 4.78 is 54.0. The van der Waals surface area contributed by atoms with Crippen LogP contribution in [-0.4, -0.2) is 46.7 Å². The standard InChI is InChI=1S/C21H24O7S/c1-14-8-10-16(11-9-14)29(22,23)28-18-12-17-19(27-21(18)24-2)13-25-20(26-17)15-6-4-3-5-7-15/h3-11,17-21H,12-13H2,1-2H3/t17-,18+,19+,20+,21-/m0/s1. The first-order chi connectivity index (χ1) is 14.0. The Balaban J connectivity index is 1.49. The average Bonchev–Trinajstić information content (AvgIpc) is 2.73. The van der Waals surface area contributed by atoms with E-state index in [1.807, 2.05) is 37.3 Å². The number of fused-ring (bicyclic) bond motifs is 1. The van der Waals surface area contributed by atoms with Crippen LogP contribution >= 0.6 is 0 Å². The van der Waals surface area contributed by atoms with Gasteiger partial charge in [0.25, 0.3) is 10.1 Å². The lowest BCUT2D eigenvalue weighted by Gasteiger charge is -2.44. The quantitative estimate of drug-likeness (QED) is 0.688. The van der Waals surface area contributed by atoms with Crippen molar-refractivity contribution in [2.45, 2.75) is 49.1 Å². The predicted molar refractivity (Wildman–Crippen MR) is 104 cm³/mol. The molecule has 0 bridgehead atoms. The molecule has 2 aliphatic heterocycles. The largest absolute Gasteiger partial charge is 0.353 e. The van der Waals surface area contributed by atoms with E-state index in [4.69, 9.17) is 23.1 Å². The second kappa shape index (κ2) is 8.51. The van der Waals surface area contributed by atoms with Crippen molar-refractivity contribution in [2.75, 3.05) is 13.7 Å². The third kappa shape index (κ3) is 4.53. The van der Waals surface area contributed by atoms with E-state index in [0.29, 0.717) is 13.0 Å². The summed E-state index contributed by atoms with van der Waals surface area (Å²) in [7, 11) is -2.51. The van der Waals surface area contributed by atoms with Crippen LogP contribution in [0.15, 0.2) is 59.5 Å². The molecule has 0 aliphatic carbocycles. The number of hydrogen-bond acceptors (Lipinski definition) is 7. The average molecular weight is 420 g/mol. The molecular weight excluding hydrogens is 396 g/mol. The second-order valence-electron chi connectivity index (χ2n) is 7.17. The number of methoxy groups -OCH3 is 1. The third-order valence-electron chi connectivity index (χ3n) is 5.07. The fraction of sp³-hybridized carbons (Fsp3) is 0.429. The van der Waals surface area contributed by atoms with Gasteiger partial charge in [-0.2, -0.15) is 8.42 Å². The fourth-order valence-corrected chi connectivity index (χ4v) is 4.58. The minimum Gasteiger partial charge on any atom is -0.353 e. The SMILES string of the molecule is CO[C@H]1O[C@@H]2CO[C@@H](c3ccccc3)O[C@H]2C[C@H]1OS(=O)(=O)c1ccc(C)cc1. The highest BCUT2D eigenvalue weighted by molar-refractivity contribution is 7.86. The van der Waals surface area contributed by atoms with Gasteiger partial charge >= 0.3 is 0 Å². The molecule has 5 atom stereocenters. The van der Waals surface area contributed by atoms with Crippen molar-refractivity contribution in [1.82, 2.24) is 0 Å². The highest BCUT2D eigenvalue weighted by Crippen LogP contribution is 2.35. The molecular formula is C21H24O7S. The molecule has 2 aromatic carbocycles. The Morgan fingerprint density at radius 1 is 0.966 bits per heavy atom. The molecule has 2 saturated heterocycles. The van der Waals surface area contributed by atoms with Gasteiger partial charge in [-0.05, 0) is 19.1 Å². The molecule has 2 aliphatic rings. The summed E-state index contributed by atoms with van der Waals surface area (Å²) in [5.74, 6) is 0. The maximum Gasteiger partial charge on any atom is 0.297 e. The summed E-state index contributed by atoms with van der Waals surface area (Å²) in [6.45, 7) is 2.21. The predicted octanol–water partition coefficient (Wildman–Crippen LogP) is 2.94. The first kappa shape index (κ1) is 20.5. The molecule has 0 saturated carbocycles. The van der Waals surface area contributed by atoms with Gasteiger partial charge in [0, 0.05) is 19.1 Å². The van der Waals surface area contributed by atoms with Gasteiger partial charge in [0.15, 0.2) is 12.6 Å². The van der Waals surface area contributed by atoms with E-state index >= 15 is 0 Å². The van der Waals surface area contributed by atoms with E-state index < -0.39 is 28.8 Å². The maximum atomic E-state index is 12.7. The van der Waals surface area contributed by atoms with Gasteiger partial charge in [-0.3, -0.25) is 4.18 Å². The van der Waals surface area contributed by atoms with Crippen molar-refractivity contribution in [3.63, 3.8) is 0 Å². The van der Waals surface area contributed by atoms with Crippen LogP contribution in [0.5, 0.6) is 0 Å². The van der Waals surface area contributed by atoms with Crippen LogP contribution in [0.4, 0.5) is 0 Å². The first-order valence-electron chi connectivity index (χ1n) is 9.46. The number of ether oxygens (including phenoxy) is 4. The Kier molecular flexibility index (Phi) is 6.00. The van der Waals surface area contributed by atoms with Crippen LogP contribution in [0.3, 0.4) is 0 Å². The molecule has 7 nitrogen and oxygen atoms in total. The van der Waals surface area contributed by atoms with E-state index in [-0.39, 0.29) is 17.1 Å². The van der Waals surface area contributed by atoms with Crippen molar-refractivity contribution in [3.8, 4) is 0 Å². The van der Waals surface area contributed by atoms with E-state index in [1.165, 1.54) is 19.2 Å². The zero-order valence-corrected chi connectivity index (χ0v) is 17.1. The summed E-state index contributed by atoms with van der Waals surface area (Å²) in [5, 5.41) is 0. The Morgan fingerprint density at radius 2 is 1.69 bits per heavy atom. The monoisotopic (exact) mass is 420 g/mol. The topological polar surface area (TPSA) is 80.3 Å². The first-order valence-corrected chi connectivity index (χ1v) is 10.9. The molecule has 29 heavy (non-hydrogen) atoms. The van der Waals surface area contributed by atoms with Crippen LogP contribution in [0.1, 0.15) is 23.8 Å². The van der Waals surface area contributed by atoms with Crippen LogP contribution in [0.25, 0.3) is 0 Å². The molecule has 4 rings (SSSR count). The van der Waals surface area contributed by atoms with Gasteiger partial charge < -0.3 is 18.9 Å². The third-order valence-corrected chi connectivity index (χ3v) is 6.42. The molecule has 8 heteroatoms. The van der Waals surface area contributed by atoms with Gasteiger partial charge in [0.2, 0.25) is 0 Å². The van der Waals surface area contributed by atoms with E-state index in [0.717, 1.165) is 11.1 Å². The van der Waals surface area contributed by atoms with Crippen molar-refractivity contribution < 1.29 is 31.5 Å². The minimum absolute atomic E-state index is 0.0927. The molecule has 0 amide bonds. The van der Waals surface area contributed by atoms with Crippen LogP contribution in [0, 0.1) is 6.92 Å². The highest BCUT2D eigenvalue weighted by Gasteiger charge is 2.45. The van der Waals surface area contributed by atoms with Crippen LogP contribution in [-0.2, 0) is 33.2 Å². The Morgan fingerprint density at radius 3 is 2.38 bits per heavy atom. The lowest BCUT2D eigenvalue weighted by atomic mass is 10.0. The lowest BCUT2D eigenvalue weighted by molar-refractivity contribution is -0.330. The molecule has 2 heterocycles. The molecule has 0 aromatic heterocycles. The van der Waals surface area contributed by atoms with Crippen LogP contribution in [0.2, 0.25) is 0 Å².